The fraction of sp³-hybridized carbons (Fsp3) is 0.190. The van der Waals surface area contributed by atoms with Gasteiger partial charge in [-0.05, 0) is 54.3 Å². The molecule has 5 nitrogen and oxygen atoms in total. The molecule has 0 aliphatic rings. The van der Waals surface area contributed by atoms with E-state index >= 15 is 0 Å². The normalized spacial score (nSPS) is 11.2. The van der Waals surface area contributed by atoms with Gasteiger partial charge in [0.05, 0.1) is 5.01 Å². The number of thiazole rings is 1. The van der Waals surface area contributed by atoms with Gasteiger partial charge in [-0.3, -0.25) is 0 Å². The largest absolute Gasteiger partial charge is 0.422 e. The SMILES string of the molecule is Cc1cc2c(C)c(Cc3ccnc(N)c3F)c(=O)oc2cc1Cc1nccs1. The molecular formula is C21H18FN3O2S. The van der Waals surface area contributed by atoms with Crippen LogP contribution in [-0.4, -0.2) is 9.97 Å². The summed E-state index contributed by atoms with van der Waals surface area (Å²) in [6.07, 6.45) is 3.99. The molecule has 0 saturated carbocycles. The van der Waals surface area contributed by atoms with E-state index in [4.69, 9.17) is 10.2 Å². The lowest BCUT2D eigenvalue weighted by Gasteiger charge is -2.12. The summed E-state index contributed by atoms with van der Waals surface area (Å²) in [6.45, 7) is 3.88. The predicted octanol–water partition coefficient (Wildman–Crippen LogP) is 4.16. The van der Waals surface area contributed by atoms with E-state index in [9.17, 15) is 9.18 Å². The molecule has 4 aromatic rings. The minimum absolute atomic E-state index is 0.0998. The van der Waals surface area contributed by atoms with Crippen LogP contribution < -0.4 is 11.4 Å². The maximum Gasteiger partial charge on any atom is 0.340 e. The number of nitrogens with zero attached hydrogens (tertiary/aromatic N) is 2. The van der Waals surface area contributed by atoms with Crippen LogP contribution in [0.15, 0.2) is 45.2 Å². The van der Waals surface area contributed by atoms with Crippen LogP contribution in [0.3, 0.4) is 0 Å². The Bertz CT molecular complexity index is 1230. The third-order valence-corrected chi connectivity index (χ3v) is 5.71. The van der Waals surface area contributed by atoms with Crippen LogP contribution in [0.1, 0.15) is 32.8 Å². The number of fused-ring (bicyclic) bond motifs is 1. The van der Waals surface area contributed by atoms with Crippen molar-refractivity contribution in [2.75, 3.05) is 5.73 Å². The minimum atomic E-state index is -0.601. The summed E-state index contributed by atoms with van der Waals surface area (Å²) in [5.41, 5.74) is 9.27. The zero-order valence-electron chi connectivity index (χ0n) is 15.5. The van der Waals surface area contributed by atoms with Gasteiger partial charge in [0.2, 0.25) is 0 Å². The molecule has 0 bridgehead atoms. The molecule has 3 heterocycles. The number of pyridine rings is 1. The summed E-state index contributed by atoms with van der Waals surface area (Å²) in [5.74, 6) is -0.778. The summed E-state index contributed by atoms with van der Waals surface area (Å²) >= 11 is 1.59. The lowest BCUT2D eigenvalue weighted by molar-refractivity contribution is 0.548. The fourth-order valence-electron chi connectivity index (χ4n) is 3.31. The van der Waals surface area contributed by atoms with E-state index in [2.05, 4.69) is 9.97 Å². The topological polar surface area (TPSA) is 82.0 Å². The number of rotatable bonds is 4. The summed E-state index contributed by atoms with van der Waals surface area (Å²) in [5, 5.41) is 3.79. The van der Waals surface area contributed by atoms with Crippen molar-refractivity contribution in [3.63, 3.8) is 0 Å². The molecule has 1 aromatic carbocycles. The van der Waals surface area contributed by atoms with Crippen LogP contribution >= 0.6 is 11.3 Å². The highest BCUT2D eigenvalue weighted by Crippen LogP contribution is 2.27. The molecule has 0 spiro atoms. The second-order valence-electron chi connectivity index (χ2n) is 6.72. The van der Waals surface area contributed by atoms with E-state index in [1.165, 1.54) is 12.3 Å². The molecule has 142 valence electrons. The van der Waals surface area contributed by atoms with Crippen molar-refractivity contribution in [2.24, 2.45) is 0 Å². The summed E-state index contributed by atoms with van der Waals surface area (Å²) < 4.78 is 19.8. The number of anilines is 1. The number of benzene rings is 1. The van der Waals surface area contributed by atoms with E-state index in [0.29, 0.717) is 23.1 Å². The smallest absolute Gasteiger partial charge is 0.340 e. The van der Waals surface area contributed by atoms with Crippen LogP contribution in [-0.2, 0) is 12.8 Å². The van der Waals surface area contributed by atoms with Crippen molar-refractivity contribution in [2.45, 2.75) is 26.7 Å². The van der Waals surface area contributed by atoms with E-state index in [1.807, 2.05) is 31.4 Å². The average Bonchev–Trinajstić information content (AvgIpc) is 3.17. The Kier molecular flexibility index (Phi) is 4.68. The van der Waals surface area contributed by atoms with Crippen LogP contribution in [0.2, 0.25) is 0 Å². The summed E-state index contributed by atoms with van der Waals surface area (Å²) in [4.78, 5) is 20.7. The lowest BCUT2D eigenvalue weighted by Crippen LogP contribution is -2.12. The molecule has 2 N–H and O–H groups in total. The van der Waals surface area contributed by atoms with Gasteiger partial charge in [-0.25, -0.2) is 19.2 Å². The molecule has 4 rings (SSSR count). The van der Waals surface area contributed by atoms with Gasteiger partial charge in [0.15, 0.2) is 11.6 Å². The van der Waals surface area contributed by atoms with Crippen molar-refractivity contribution in [1.82, 2.24) is 9.97 Å². The van der Waals surface area contributed by atoms with Gasteiger partial charge in [-0.1, -0.05) is 0 Å². The van der Waals surface area contributed by atoms with Gasteiger partial charge in [-0.15, -0.1) is 11.3 Å². The molecule has 0 aliphatic heterocycles. The van der Waals surface area contributed by atoms with Gasteiger partial charge in [-0.2, -0.15) is 0 Å². The molecule has 3 aromatic heterocycles. The number of nitrogen functional groups attached to an aromatic ring is 1. The Morgan fingerprint density at radius 1 is 1.14 bits per heavy atom. The van der Waals surface area contributed by atoms with Gasteiger partial charge in [0, 0.05) is 41.6 Å². The van der Waals surface area contributed by atoms with Gasteiger partial charge < -0.3 is 10.2 Å². The number of hydrogen-bond donors (Lipinski definition) is 1. The standard InChI is InChI=1S/C21H18FN3O2S/c1-11-7-15-12(2)16(8-13-3-4-25-20(23)19(13)22)21(26)27-17(15)9-14(11)10-18-24-5-6-28-18/h3-7,9H,8,10H2,1-2H3,(H2,23,25). The first-order valence-corrected chi connectivity index (χ1v) is 9.65. The Labute approximate surface area is 164 Å². The van der Waals surface area contributed by atoms with E-state index in [-0.39, 0.29) is 12.2 Å². The lowest BCUT2D eigenvalue weighted by atomic mass is 9.96. The number of aryl methyl sites for hydroxylation is 2. The van der Waals surface area contributed by atoms with Crippen LogP contribution in [0.4, 0.5) is 10.2 Å². The minimum Gasteiger partial charge on any atom is -0.422 e. The van der Waals surface area contributed by atoms with E-state index in [0.717, 1.165) is 27.1 Å². The van der Waals surface area contributed by atoms with Crippen LogP contribution in [0, 0.1) is 19.7 Å². The van der Waals surface area contributed by atoms with Crippen molar-refractivity contribution >= 4 is 28.1 Å². The summed E-state index contributed by atoms with van der Waals surface area (Å²) in [7, 11) is 0. The van der Waals surface area contributed by atoms with Gasteiger partial charge in [0.1, 0.15) is 5.58 Å². The molecular weight excluding hydrogens is 377 g/mol. The number of halogens is 1. The average molecular weight is 395 g/mol. The highest BCUT2D eigenvalue weighted by atomic mass is 32.1. The zero-order valence-corrected chi connectivity index (χ0v) is 16.3. The van der Waals surface area contributed by atoms with Crippen molar-refractivity contribution in [3.8, 4) is 0 Å². The predicted molar refractivity (Wildman–Crippen MR) is 108 cm³/mol. The number of nitrogens with two attached hydrogens (primary N) is 1. The maximum absolute atomic E-state index is 14.2. The quantitative estimate of drug-likeness (QED) is 0.525. The van der Waals surface area contributed by atoms with Crippen LogP contribution in [0.5, 0.6) is 0 Å². The number of aromatic nitrogens is 2. The highest BCUT2D eigenvalue weighted by molar-refractivity contribution is 7.09. The van der Waals surface area contributed by atoms with Crippen molar-refractivity contribution in [1.29, 1.82) is 0 Å². The first-order valence-electron chi connectivity index (χ1n) is 8.77. The first-order chi connectivity index (χ1) is 13.4. The molecule has 7 heteroatoms. The molecule has 0 amide bonds. The number of hydrogen-bond acceptors (Lipinski definition) is 6. The monoisotopic (exact) mass is 395 g/mol. The Hall–Kier alpha value is -3.06. The Balaban J connectivity index is 1.79. The Morgan fingerprint density at radius 3 is 2.71 bits per heavy atom. The third-order valence-electron chi connectivity index (χ3n) is 4.93. The van der Waals surface area contributed by atoms with Gasteiger partial charge in [0.25, 0.3) is 0 Å². The molecule has 0 atom stereocenters. The maximum atomic E-state index is 14.2. The zero-order chi connectivity index (χ0) is 19.8. The van der Waals surface area contributed by atoms with E-state index < -0.39 is 11.4 Å². The molecule has 28 heavy (non-hydrogen) atoms. The van der Waals surface area contributed by atoms with Crippen molar-refractivity contribution < 1.29 is 8.81 Å². The van der Waals surface area contributed by atoms with E-state index in [1.54, 1.807) is 17.5 Å². The van der Waals surface area contributed by atoms with Crippen LogP contribution in [0.25, 0.3) is 11.0 Å². The third kappa shape index (κ3) is 3.29. The second kappa shape index (κ2) is 7.16. The first kappa shape index (κ1) is 18.3. The second-order valence-corrected chi connectivity index (χ2v) is 7.70. The van der Waals surface area contributed by atoms with Crippen molar-refractivity contribution in [3.05, 3.63) is 85.0 Å². The molecule has 0 unspecified atom stereocenters. The molecule has 0 saturated heterocycles. The summed E-state index contributed by atoms with van der Waals surface area (Å²) in [6, 6.07) is 5.43. The molecule has 0 fully saturated rings. The molecule has 0 aliphatic carbocycles. The fourth-order valence-corrected chi connectivity index (χ4v) is 3.95. The Morgan fingerprint density at radius 2 is 1.96 bits per heavy atom. The molecule has 0 radical (unpaired) electrons. The van der Waals surface area contributed by atoms with Gasteiger partial charge >= 0.3 is 5.63 Å². The highest BCUT2D eigenvalue weighted by Gasteiger charge is 2.16.